The number of carbonyl (C=O) groups is 2. The fourth-order valence-electron chi connectivity index (χ4n) is 1.78. The van der Waals surface area contributed by atoms with Gasteiger partial charge >= 0.3 is 0 Å². The van der Waals surface area contributed by atoms with Crippen molar-refractivity contribution in [2.24, 2.45) is 0 Å². The highest BCUT2D eigenvalue weighted by molar-refractivity contribution is 9.10. The number of rotatable bonds is 7. The van der Waals surface area contributed by atoms with E-state index in [1.165, 1.54) is 11.3 Å². The van der Waals surface area contributed by atoms with Crippen LogP contribution < -0.4 is 10.6 Å². The third kappa shape index (κ3) is 6.07. The van der Waals surface area contributed by atoms with Gasteiger partial charge in [-0.2, -0.15) is 0 Å². The van der Waals surface area contributed by atoms with Gasteiger partial charge in [0.15, 0.2) is 0 Å². The van der Waals surface area contributed by atoms with E-state index in [1.807, 2.05) is 12.1 Å². The Labute approximate surface area is 146 Å². The van der Waals surface area contributed by atoms with Gasteiger partial charge < -0.3 is 10.6 Å². The molecule has 0 aliphatic heterocycles. The molecule has 0 bridgehead atoms. The summed E-state index contributed by atoms with van der Waals surface area (Å²) < 4.78 is 0.939. The maximum Gasteiger partial charge on any atom is 0.226 e. The second-order valence-corrected chi connectivity index (χ2v) is 6.83. The number of hydrogen-bond acceptors (Lipinski definition) is 5. The Morgan fingerprint density at radius 3 is 2.39 bits per heavy atom. The van der Waals surface area contributed by atoms with Crippen LogP contribution in [0, 0.1) is 0 Å². The molecule has 0 unspecified atom stereocenters. The smallest absolute Gasteiger partial charge is 0.226 e. The fourth-order valence-corrected chi connectivity index (χ4v) is 2.91. The van der Waals surface area contributed by atoms with Crippen LogP contribution in [0.3, 0.4) is 0 Å². The lowest BCUT2D eigenvalue weighted by Gasteiger charge is -2.05. The van der Waals surface area contributed by atoms with E-state index < -0.39 is 0 Å². The zero-order valence-electron chi connectivity index (χ0n) is 12.6. The van der Waals surface area contributed by atoms with Crippen LogP contribution in [-0.2, 0) is 16.0 Å². The Morgan fingerprint density at radius 2 is 1.74 bits per heavy atom. The molecular formula is C15H17BrN4O2S. The molecule has 0 aliphatic rings. The van der Waals surface area contributed by atoms with Gasteiger partial charge in [0.1, 0.15) is 5.01 Å². The van der Waals surface area contributed by atoms with Gasteiger partial charge in [-0.25, -0.2) is 0 Å². The topological polar surface area (TPSA) is 84.0 Å². The number of hydrogen-bond donors (Lipinski definition) is 2. The molecule has 0 aliphatic carbocycles. The highest BCUT2D eigenvalue weighted by Crippen LogP contribution is 2.17. The molecule has 1 heterocycles. The van der Waals surface area contributed by atoms with Gasteiger partial charge in [0.05, 0.1) is 0 Å². The minimum absolute atomic E-state index is 0.102. The number of anilines is 2. The number of aromatic nitrogens is 2. The lowest BCUT2D eigenvalue weighted by molar-refractivity contribution is -0.121. The van der Waals surface area contributed by atoms with E-state index in [4.69, 9.17) is 0 Å². The summed E-state index contributed by atoms with van der Waals surface area (Å²) >= 11 is 4.69. The van der Waals surface area contributed by atoms with Crippen LogP contribution in [0.25, 0.3) is 0 Å². The molecule has 1 aromatic heterocycles. The summed E-state index contributed by atoms with van der Waals surface area (Å²) in [4.78, 5) is 23.6. The molecule has 0 fully saturated rings. The lowest BCUT2D eigenvalue weighted by Crippen LogP contribution is -2.17. The molecule has 6 nitrogen and oxygen atoms in total. The van der Waals surface area contributed by atoms with Crippen molar-refractivity contribution in [3.8, 4) is 0 Å². The number of halogens is 1. The molecule has 0 radical (unpaired) electrons. The minimum atomic E-state index is -0.241. The predicted molar refractivity (Wildman–Crippen MR) is 94.5 cm³/mol. The second kappa shape index (κ2) is 8.73. The molecule has 0 spiro atoms. The zero-order chi connectivity index (χ0) is 16.7. The van der Waals surface area contributed by atoms with Crippen LogP contribution in [0.1, 0.15) is 31.2 Å². The van der Waals surface area contributed by atoms with Gasteiger partial charge in [0.2, 0.25) is 16.9 Å². The van der Waals surface area contributed by atoms with Gasteiger partial charge in [0.25, 0.3) is 0 Å². The number of benzene rings is 1. The van der Waals surface area contributed by atoms with E-state index in [2.05, 4.69) is 43.7 Å². The van der Waals surface area contributed by atoms with E-state index in [-0.39, 0.29) is 24.7 Å². The average Bonchev–Trinajstić information content (AvgIpc) is 2.95. The van der Waals surface area contributed by atoms with E-state index in [9.17, 15) is 9.59 Å². The third-order valence-corrected chi connectivity index (χ3v) is 4.31. The molecule has 1 aromatic carbocycles. The van der Waals surface area contributed by atoms with Crippen molar-refractivity contribution in [3.63, 3.8) is 0 Å². The molecule has 0 atom stereocenters. The van der Waals surface area contributed by atoms with Gasteiger partial charge in [-0.15, -0.1) is 10.2 Å². The summed E-state index contributed by atoms with van der Waals surface area (Å²) in [6.07, 6.45) is 2.05. The summed E-state index contributed by atoms with van der Waals surface area (Å²) in [5.41, 5.74) is 0.701. The van der Waals surface area contributed by atoms with Crippen molar-refractivity contribution >= 4 is 49.9 Å². The number of nitrogens with one attached hydrogen (secondary N) is 2. The van der Waals surface area contributed by atoms with E-state index in [1.54, 1.807) is 12.1 Å². The van der Waals surface area contributed by atoms with Gasteiger partial charge in [0, 0.05) is 29.4 Å². The first-order valence-corrected chi connectivity index (χ1v) is 8.85. The SMILES string of the molecule is CCCc1nnc(NC(=O)CCC(=O)Nc2ccc(Br)cc2)s1. The molecule has 2 amide bonds. The standard InChI is InChI=1S/C15H17BrN4O2S/c1-2-3-14-19-20-15(23-14)18-13(22)9-8-12(21)17-11-6-4-10(16)5-7-11/h4-7H,2-3,8-9H2,1H3,(H,17,21)(H,18,20,22). The molecule has 8 heteroatoms. The zero-order valence-corrected chi connectivity index (χ0v) is 15.0. The molecule has 2 aromatic rings. The first kappa shape index (κ1) is 17.6. The largest absolute Gasteiger partial charge is 0.326 e. The first-order valence-electron chi connectivity index (χ1n) is 7.24. The van der Waals surface area contributed by atoms with E-state index >= 15 is 0 Å². The van der Waals surface area contributed by atoms with Crippen LogP contribution >= 0.6 is 27.3 Å². The molecule has 0 saturated carbocycles. The molecular weight excluding hydrogens is 380 g/mol. The molecule has 122 valence electrons. The fraction of sp³-hybridized carbons (Fsp3) is 0.333. The highest BCUT2D eigenvalue weighted by atomic mass is 79.9. The summed E-state index contributed by atoms with van der Waals surface area (Å²) in [6, 6.07) is 7.26. The van der Waals surface area contributed by atoms with Gasteiger partial charge in [-0.1, -0.05) is 34.2 Å². The van der Waals surface area contributed by atoms with Crippen molar-refractivity contribution in [3.05, 3.63) is 33.7 Å². The van der Waals surface area contributed by atoms with Crippen LogP contribution in [0.2, 0.25) is 0 Å². The summed E-state index contributed by atoms with van der Waals surface area (Å²) in [5, 5.41) is 14.7. The Hall–Kier alpha value is -1.80. The van der Waals surface area contributed by atoms with Crippen molar-refractivity contribution in [2.45, 2.75) is 32.6 Å². The maximum absolute atomic E-state index is 11.8. The summed E-state index contributed by atoms with van der Waals surface area (Å²) in [6.45, 7) is 2.06. The van der Waals surface area contributed by atoms with Crippen molar-refractivity contribution in [1.29, 1.82) is 0 Å². The van der Waals surface area contributed by atoms with Crippen molar-refractivity contribution in [2.75, 3.05) is 10.6 Å². The number of amides is 2. The minimum Gasteiger partial charge on any atom is -0.326 e. The quantitative estimate of drug-likeness (QED) is 0.748. The van der Waals surface area contributed by atoms with Gasteiger partial charge in [-0.05, 0) is 30.7 Å². The molecule has 2 rings (SSSR count). The summed E-state index contributed by atoms with van der Waals surface area (Å²) in [5.74, 6) is -0.443. The second-order valence-electron chi connectivity index (χ2n) is 4.85. The Bertz CT molecular complexity index is 672. The Kier molecular flexibility index (Phi) is 6.66. The first-order chi connectivity index (χ1) is 11.1. The van der Waals surface area contributed by atoms with Crippen molar-refractivity contribution < 1.29 is 9.59 Å². The number of nitrogens with zero attached hydrogens (tertiary/aromatic N) is 2. The van der Waals surface area contributed by atoms with Gasteiger partial charge in [-0.3, -0.25) is 9.59 Å². The van der Waals surface area contributed by atoms with Crippen LogP contribution in [-0.4, -0.2) is 22.0 Å². The molecule has 2 N–H and O–H groups in total. The van der Waals surface area contributed by atoms with Crippen molar-refractivity contribution in [1.82, 2.24) is 10.2 Å². The molecule has 23 heavy (non-hydrogen) atoms. The summed E-state index contributed by atoms with van der Waals surface area (Å²) in [7, 11) is 0. The van der Waals surface area contributed by atoms with Crippen LogP contribution in [0.15, 0.2) is 28.7 Å². The Balaban J connectivity index is 1.74. The average molecular weight is 397 g/mol. The van der Waals surface area contributed by atoms with Crippen LogP contribution in [0.5, 0.6) is 0 Å². The lowest BCUT2D eigenvalue weighted by atomic mass is 10.2. The normalized spacial score (nSPS) is 10.3. The maximum atomic E-state index is 11.8. The number of carbonyl (C=O) groups excluding carboxylic acids is 2. The predicted octanol–water partition coefficient (Wildman–Crippen LogP) is 3.61. The number of aryl methyl sites for hydroxylation is 1. The van der Waals surface area contributed by atoms with Crippen LogP contribution in [0.4, 0.5) is 10.8 Å². The van der Waals surface area contributed by atoms with E-state index in [0.717, 1.165) is 22.3 Å². The monoisotopic (exact) mass is 396 g/mol. The highest BCUT2D eigenvalue weighted by Gasteiger charge is 2.10. The third-order valence-electron chi connectivity index (χ3n) is 2.88. The van der Waals surface area contributed by atoms with E-state index in [0.29, 0.717) is 10.8 Å². The molecule has 0 saturated heterocycles. The Morgan fingerprint density at radius 1 is 1.09 bits per heavy atom.